The van der Waals surface area contributed by atoms with Gasteiger partial charge in [-0.25, -0.2) is 9.97 Å². The molecule has 0 saturated carbocycles. The van der Waals surface area contributed by atoms with Crippen molar-refractivity contribution >= 4 is 5.82 Å². The summed E-state index contributed by atoms with van der Waals surface area (Å²) in [6.07, 6.45) is 2.06. The molecule has 0 unspecified atom stereocenters. The molecule has 0 spiro atoms. The predicted octanol–water partition coefficient (Wildman–Crippen LogP) is 3.50. The van der Waals surface area contributed by atoms with Gasteiger partial charge in [0.15, 0.2) is 5.82 Å². The molecule has 23 heavy (non-hydrogen) atoms. The van der Waals surface area contributed by atoms with Crippen molar-refractivity contribution in [1.29, 1.82) is 0 Å². The Hall–Kier alpha value is -1.94. The predicted molar refractivity (Wildman–Crippen MR) is 95.7 cm³/mol. The summed E-state index contributed by atoms with van der Waals surface area (Å²) < 4.78 is 0. The third-order valence-corrected chi connectivity index (χ3v) is 4.50. The fourth-order valence-electron chi connectivity index (χ4n) is 2.87. The molecule has 1 aliphatic heterocycles. The average Bonchev–Trinajstić information content (AvgIpc) is 2.55. The fraction of sp³-hybridized carbons (Fsp3) is 0.474. The number of aryl methyl sites for hydroxylation is 1. The van der Waals surface area contributed by atoms with Crippen molar-refractivity contribution in [3.63, 3.8) is 0 Å². The maximum atomic E-state index is 6.03. The van der Waals surface area contributed by atoms with Crippen molar-refractivity contribution in [2.24, 2.45) is 5.73 Å². The number of piperidine rings is 1. The summed E-state index contributed by atoms with van der Waals surface area (Å²) in [5.41, 5.74) is 9.45. The van der Waals surface area contributed by atoms with Gasteiger partial charge in [0.1, 0.15) is 5.82 Å². The molecule has 1 aromatic heterocycles. The number of rotatable bonds is 3. The van der Waals surface area contributed by atoms with E-state index in [0.29, 0.717) is 12.0 Å². The van der Waals surface area contributed by atoms with Gasteiger partial charge in [-0.15, -0.1) is 0 Å². The van der Waals surface area contributed by atoms with Crippen LogP contribution in [-0.4, -0.2) is 29.1 Å². The largest absolute Gasteiger partial charge is 0.356 e. The van der Waals surface area contributed by atoms with E-state index < -0.39 is 0 Å². The minimum atomic E-state index is 0.328. The molecule has 1 aromatic carbocycles. The van der Waals surface area contributed by atoms with Gasteiger partial charge in [0, 0.05) is 36.5 Å². The van der Waals surface area contributed by atoms with Crippen molar-refractivity contribution in [2.75, 3.05) is 18.0 Å². The highest BCUT2D eigenvalue weighted by atomic mass is 15.2. The Morgan fingerprint density at radius 1 is 1.09 bits per heavy atom. The Bertz CT molecular complexity index is 656. The van der Waals surface area contributed by atoms with Crippen LogP contribution in [0.2, 0.25) is 0 Å². The molecule has 2 N–H and O–H groups in total. The Morgan fingerprint density at radius 2 is 1.74 bits per heavy atom. The Labute approximate surface area is 138 Å². The molecule has 4 nitrogen and oxygen atoms in total. The number of nitrogens with two attached hydrogens (primary N) is 1. The van der Waals surface area contributed by atoms with Crippen LogP contribution in [0.25, 0.3) is 11.4 Å². The van der Waals surface area contributed by atoms with E-state index in [1.54, 1.807) is 0 Å². The van der Waals surface area contributed by atoms with Crippen LogP contribution in [0.4, 0.5) is 5.82 Å². The lowest BCUT2D eigenvalue weighted by molar-refractivity contribution is 0.498. The molecule has 0 radical (unpaired) electrons. The Kier molecular flexibility index (Phi) is 4.62. The maximum absolute atomic E-state index is 6.03. The zero-order valence-corrected chi connectivity index (χ0v) is 14.3. The third-order valence-electron chi connectivity index (χ3n) is 4.50. The molecule has 2 aromatic rings. The van der Waals surface area contributed by atoms with Crippen molar-refractivity contribution in [2.45, 2.75) is 45.6 Å². The van der Waals surface area contributed by atoms with Crippen molar-refractivity contribution in [1.82, 2.24) is 9.97 Å². The lowest BCUT2D eigenvalue weighted by Crippen LogP contribution is -2.40. The minimum Gasteiger partial charge on any atom is -0.356 e. The highest BCUT2D eigenvalue weighted by Gasteiger charge is 2.19. The maximum Gasteiger partial charge on any atom is 0.161 e. The van der Waals surface area contributed by atoms with Gasteiger partial charge in [-0.2, -0.15) is 0 Å². The topological polar surface area (TPSA) is 55.0 Å². The molecule has 122 valence electrons. The van der Waals surface area contributed by atoms with Crippen LogP contribution in [0.5, 0.6) is 0 Å². The van der Waals surface area contributed by atoms with E-state index >= 15 is 0 Å². The lowest BCUT2D eigenvalue weighted by atomic mass is 10.1. The second kappa shape index (κ2) is 6.67. The van der Waals surface area contributed by atoms with Gasteiger partial charge in [-0.3, -0.25) is 0 Å². The second-order valence-corrected chi connectivity index (χ2v) is 6.82. The lowest BCUT2D eigenvalue weighted by Gasteiger charge is -2.31. The summed E-state index contributed by atoms with van der Waals surface area (Å²) in [5.74, 6) is 2.24. The van der Waals surface area contributed by atoms with E-state index in [0.717, 1.165) is 48.8 Å². The quantitative estimate of drug-likeness (QED) is 0.942. The number of aromatic nitrogens is 2. The van der Waals surface area contributed by atoms with Crippen molar-refractivity contribution in [3.8, 4) is 11.4 Å². The molecule has 4 heteroatoms. The molecular formula is C19H26N4. The van der Waals surface area contributed by atoms with E-state index in [-0.39, 0.29) is 0 Å². The Morgan fingerprint density at radius 3 is 2.35 bits per heavy atom. The molecule has 1 aliphatic rings. The molecule has 0 aliphatic carbocycles. The number of hydrogen-bond donors (Lipinski definition) is 1. The Balaban J connectivity index is 1.97. The van der Waals surface area contributed by atoms with Crippen molar-refractivity contribution < 1.29 is 0 Å². The molecule has 0 atom stereocenters. The van der Waals surface area contributed by atoms with Crippen LogP contribution in [0.3, 0.4) is 0 Å². The zero-order valence-electron chi connectivity index (χ0n) is 14.3. The van der Waals surface area contributed by atoms with Gasteiger partial charge in [0.25, 0.3) is 0 Å². The average molecular weight is 310 g/mol. The first-order valence-electron chi connectivity index (χ1n) is 8.49. The monoisotopic (exact) mass is 310 g/mol. The first-order valence-corrected chi connectivity index (χ1v) is 8.49. The highest BCUT2D eigenvalue weighted by molar-refractivity contribution is 5.58. The number of hydrogen-bond acceptors (Lipinski definition) is 4. The molecule has 1 fully saturated rings. The standard InChI is InChI=1S/C19H26N4/c1-13(2)17-12-18(23-10-8-16(20)9-11-23)22-19(21-17)15-6-4-14(3)5-7-15/h4-7,12-13,16H,8-11,20H2,1-3H3. The fourth-order valence-corrected chi connectivity index (χ4v) is 2.87. The first kappa shape index (κ1) is 15.9. The van der Waals surface area contributed by atoms with E-state index in [4.69, 9.17) is 15.7 Å². The van der Waals surface area contributed by atoms with Gasteiger partial charge >= 0.3 is 0 Å². The summed E-state index contributed by atoms with van der Waals surface area (Å²) in [5, 5.41) is 0. The summed E-state index contributed by atoms with van der Waals surface area (Å²) in [6, 6.07) is 10.9. The van der Waals surface area contributed by atoms with E-state index in [1.165, 1.54) is 5.56 Å². The van der Waals surface area contributed by atoms with Crippen LogP contribution in [0.15, 0.2) is 30.3 Å². The van der Waals surface area contributed by atoms with E-state index in [9.17, 15) is 0 Å². The second-order valence-electron chi connectivity index (χ2n) is 6.82. The number of benzene rings is 1. The summed E-state index contributed by atoms with van der Waals surface area (Å²) in [4.78, 5) is 12.0. The van der Waals surface area contributed by atoms with Crippen molar-refractivity contribution in [3.05, 3.63) is 41.6 Å². The third kappa shape index (κ3) is 3.70. The summed E-state index contributed by atoms with van der Waals surface area (Å²) in [6.45, 7) is 8.40. The summed E-state index contributed by atoms with van der Waals surface area (Å²) >= 11 is 0. The molecule has 2 heterocycles. The molecular weight excluding hydrogens is 284 g/mol. The molecule has 0 bridgehead atoms. The summed E-state index contributed by atoms with van der Waals surface area (Å²) in [7, 11) is 0. The SMILES string of the molecule is Cc1ccc(-c2nc(C(C)C)cc(N3CCC(N)CC3)n2)cc1. The molecule has 0 amide bonds. The van der Waals surface area contributed by atoms with E-state index in [1.807, 2.05) is 0 Å². The van der Waals surface area contributed by atoms with Gasteiger partial charge in [0.2, 0.25) is 0 Å². The minimum absolute atomic E-state index is 0.328. The zero-order chi connectivity index (χ0) is 16.4. The van der Waals surface area contributed by atoms with Gasteiger partial charge in [0.05, 0.1) is 0 Å². The highest BCUT2D eigenvalue weighted by Crippen LogP contribution is 2.25. The van der Waals surface area contributed by atoms with Gasteiger partial charge in [-0.1, -0.05) is 43.7 Å². The first-order chi connectivity index (χ1) is 11.0. The van der Waals surface area contributed by atoms with Crippen LogP contribution in [0.1, 0.15) is 43.9 Å². The van der Waals surface area contributed by atoms with Crippen LogP contribution >= 0.6 is 0 Å². The van der Waals surface area contributed by atoms with Crippen LogP contribution in [0, 0.1) is 6.92 Å². The van der Waals surface area contributed by atoms with Gasteiger partial charge in [-0.05, 0) is 25.7 Å². The normalized spacial score (nSPS) is 16.1. The van der Waals surface area contributed by atoms with E-state index in [2.05, 4.69) is 56.0 Å². The molecule has 3 rings (SSSR count). The number of nitrogens with zero attached hydrogens (tertiary/aromatic N) is 3. The smallest absolute Gasteiger partial charge is 0.161 e. The van der Waals surface area contributed by atoms with Crippen LogP contribution < -0.4 is 10.6 Å². The van der Waals surface area contributed by atoms with Crippen LogP contribution in [-0.2, 0) is 0 Å². The molecule has 1 saturated heterocycles. The number of anilines is 1. The van der Waals surface area contributed by atoms with Gasteiger partial charge < -0.3 is 10.6 Å².